The van der Waals surface area contributed by atoms with E-state index in [0.29, 0.717) is 39.5 Å². The van der Waals surface area contributed by atoms with Crippen LogP contribution in [-0.2, 0) is 32.2 Å². The number of fused-ring (bicyclic) bond motifs is 4. The van der Waals surface area contributed by atoms with Gasteiger partial charge in [-0.05, 0) is 24.0 Å². The summed E-state index contributed by atoms with van der Waals surface area (Å²) < 4.78 is 21.5. The van der Waals surface area contributed by atoms with Crippen LogP contribution >= 0.6 is 0 Å². The number of carbonyl (C=O) groups is 2. The second kappa shape index (κ2) is 10.4. The maximum Gasteiger partial charge on any atom is 0.410 e. The molecule has 6 rings (SSSR count). The summed E-state index contributed by atoms with van der Waals surface area (Å²) >= 11 is 0. The molecule has 180 valence electrons. The van der Waals surface area contributed by atoms with Gasteiger partial charge in [0.25, 0.3) is 0 Å². The van der Waals surface area contributed by atoms with Gasteiger partial charge in [0.2, 0.25) is 0 Å². The summed E-state index contributed by atoms with van der Waals surface area (Å²) in [6, 6.07) is 19.9. The zero-order chi connectivity index (χ0) is 23.3. The van der Waals surface area contributed by atoms with Crippen LogP contribution in [0, 0.1) is 0 Å². The highest BCUT2D eigenvalue weighted by atomic mass is 16.6. The first kappa shape index (κ1) is 22.7. The van der Waals surface area contributed by atoms with Crippen molar-refractivity contribution >= 4 is 12.2 Å². The van der Waals surface area contributed by atoms with Crippen molar-refractivity contribution in [3.63, 3.8) is 0 Å². The molecule has 4 atom stereocenters. The van der Waals surface area contributed by atoms with Crippen LogP contribution in [0.15, 0.2) is 60.7 Å². The number of amides is 2. The summed E-state index contributed by atoms with van der Waals surface area (Å²) in [5.74, 6) is 0. The van der Waals surface area contributed by atoms with Crippen LogP contribution in [-0.4, -0.2) is 72.6 Å². The Morgan fingerprint density at radius 2 is 1.12 bits per heavy atom. The summed E-state index contributed by atoms with van der Waals surface area (Å²) in [4.78, 5) is 27.3. The predicted molar refractivity (Wildman–Crippen MR) is 123 cm³/mol. The number of rotatable bonds is 4. The monoisotopic (exact) mass is 466 g/mol. The van der Waals surface area contributed by atoms with E-state index in [4.69, 9.17) is 18.9 Å². The van der Waals surface area contributed by atoms with E-state index >= 15 is 0 Å². The topological polar surface area (TPSA) is 77.5 Å². The van der Waals surface area contributed by atoms with Crippen molar-refractivity contribution in [2.75, 3.05) is 26.3 Å². The first-order valence-corrected chi connectivity index (χ1v) is 11.8. The average Bonchev–Trinajstić information content (AvgIpc) is 3.70. The molecular weight excluding hydrogens is 436 g/mol. The molecule has 4 bridgehead atoms. The lowest BCUT2D eigenvalue weighted by molar-refractivity contribution is 0.0203. The van der Waals surface area contributed by atoms with Crippen LogP contribution in [0.3, 0.4) is 0 Å². The molecular formula is C26H30N2O6. The number of morpholine rings is 2. The fourth-order valence-electron chi connectivity index (χ4n) is 4.85. The average molecular weight is 467 g/mol. The predicted octanol–water partition coefficient (Wildman–Crippen LogP) is 3.59. The molecule has 0 radical (unpaired) electrons. The van der Waals surface area contributed by atoms with Crippen molar-refractivity contribution in [3.8, 4) is 0 Å². The molecule has 4 heterocycles. The molecule has 8 nitrogen and oxygen atoms in total. The number of nitrogens with zero attached hydrogens (tertiary/aromatic N) is 2. The van der Waals surface area contributed by atoms with Gasteiger partial charge >= 0.3 is 12.2 Å². The third-order valence-electron chi connectivity index (χ3n) is 6.68. The lowest BCUT2D eigenvalue weighted by Gasteiger charge is -2.25. The van der Waals surface area contributed by atoms with E-state index in [-0.39, 0.29) is 36.5 Å². The molecule has 4 saturated heterocycles. The van der Waals surface area contributed by atoms with Gasteiger partial charge in [-0.2, -0.15) is 0 Å². The number of hydrogen-bond donors (Lipinski definition) is 0. The summed E-state index contributed by atoms with van der Waals surface area (Å²) in [5.41, 5.74) is 2.03. The van der Waals surface area contributed by atoms with Crippen LogP contribution in [0.5, 0.6) is 0 Å². The number of benzene rings is 2. The third kappa shape index (κ3) is 5.34. The Bertz CT molecular complexity index is 892. The van der Waals surface area contributed by atoms with Gasteiger partial charge in [-0.1, -0.05) is 60.7 Å². The molecule has 4 aliphatic rings. The Morgan fingerprint density at radius 1 is 0.706 bits per heavy atom. The number of ether oxygens (including phenoxy) is 4. The molecule has 4 aliphatic heterocycles. The van der Waals surface area contributed by atoms with E-state index in [2.05, 4.69) is 0 Å². The quantitative estimate of drug-likeness (QED) is 0.685. The fourth-order valence-corrected chi connectivity index (χ4v) is 4.85. The molecule has 2 aromatic rings. The lowest BCUT2D eigenvalue weighted by Crippen LogP contribution is -2.41. The van der Waals surface area contributed by atoms with Crippen molar-refractivity contribution in [2.24, 2.45) is 0 Å². The lowest BCUT2D eigenvalue weighted by atomic mass is 10.2. The van der Waals surface area contributed by atoms with E-state index in [9.17, 15) is 9.59 Å². The van der Waals surface area contributed by atoms with Crippen LogP contribution in [0.4, 0.5) is 9.59 Å². The number of carbonyl (C=O) groups excluding carboxylic acids is 2. The van der Waals surface area contributed by atoms with Crippen molar-refractivity contribution in [1.29, 1.82) is 0 Å². The van der Waals surface area contributed by atoms with Crippen molar-refractivity contribution in [1.82, 2.24) is 9.80 Å². The first-order valence-electron chi connectivity index (χ1n) is 11.8. The van der Waals surface area contributed by atoms with Gasteiger partial charge in [-0.15, -0.1) is 0 Å². The third-order valence-corrected chi connectivity index (χ3v) is 6.68. The standard InChI is InChI=1S/2C13H15NO3/c2*15-13(14-7-12-6-11(14)9-16-12)17-8-10-4-2-1-3-5-10/h2*1-5,11-12H,6-9H2/t2*11-,12-/m10/s1. The highest BCUT2D eigenvalue weighted by Crippen LogP contribution is 2.29. The molecule has 0 saturated carbocycles. The number of likely N-dealkylation sites (tertiary alicyclic amines) is 2. The van der Waals surface area contributed by atoms with E-state index in [0.717, 1.165) is 24.0 Å². The molecule has 2 aromatic carbocycles. The normalized spacial score (nSPS) is 26.2. The minimum atomic E-state index is -0.218. The van der Waals surface area contributed by atoms with E-state index < -0.39 is 0 Å². The van der Waals surface area contributed by atoms with Gasteiger partial charge in [-0.25, -0.2) is 9.59 Å². The minimum Gasteiger partial charge on any atom is -0.445 e. The summed E-state index contributed by atoms with van der Waals surface area (Å²) in [6.45, 7) is 3.36. The van der Waals surface area contributed by atoms with Gasteiger partial charge in [0.05, 0.1) is 50.6 Å². The second-order valence-corrected chi connectivity index (χ2v) is 9.07. The Balaban J connectivity index is 0.000000142. The second-order valence-electron chi connectivity index (χ2n) is 9.07. The largest absolute Gasteiger partial charge is 0.445 e. The smallest absolute Gasteiger partial charge is 0.410 e. The zero-order valence-electron chi connectivity index (χ0n) is 19.1. The van der Waals surface area contributed by atoms with Crippen molar-refractivity contribution < 1.29 is 28.5 Å². The van der Waals surface area contributed by atoms with Gasteiger partial charge in [-0.3, -0.25) is 0 Å². The Hall–Kier alpha value is -3.10. The highest BCUT2D eigenvalue weighted by Gasteiger charge is 2.43. The summed E-state index contributed by atoms with van der Waals surface area (Å²) in [6.07, 6.45) is 1.93. The Kier molecular flexibility index (Phi) is 6.97. The Labute approximate surface area is 199 Å². The molecule has 2 amide bonds. The first-order chi connectivity index (χ1) is 16.7. The summed E-state index contributed by atoms with van der Waals surface area (Å²) in [7, 11) is 0. The molecule has 0 N–H and O–H groups in total. The zero-order valence-corrected chi connectivity index (χ0v) is 19.1. The van der Waals surface area contributed by atoms with Crippen LogP contribution in [0.25, 0.3) is 0 Å². The van der Waals surface area contributed by atoms with E-state index in [1.54, 1.807) is 9.80 Å². The molecule has 0 aromatic heterocycles. The van der Waals surface area contributed by atoms with Gasteiger partial charge < -0.3 is 28.7 Å². The molecule has 0 unspecified atom stereocenters. The fraction of sp³-hybridized carbons (Fsp3) is 0.462. The Morgan fingerprint density at radius 3 is 1.44 bits per heavy atom. The van der Waals surface area contributed by atoms with Crippen LogP contribution < -0.4 is 0 Å². The highest BCUT2D eigenvalue weighted by molar-refractivity contribution is 5.69. The molecule has 8 heteroatoms. The molecule has 34 heavy (non-hydrogen) atoms. The molecule has 4 fully saturated rings. The number of hydrogen-bond acceptors (Lipinski definition) is 6. The van der Waals surface area contributed by atoms with Gasteiger partial charge in [0.1, 0.15) is 13.2 Å². The van der Waals surface area contributed by atoms with E-state index in [1.165, 1.54) is 0 Å². The van der Waals surface area contributed by atoms with E-state index in [1.807, 2.05) is 60.7 Å². The summed E-state index contributed by atoms with van der Waals surface area (Å²) in [5, 5.41) is 0. The van der Waals surface area contributed by atoms with Crippen molar-refractivity contribution in [2.45, 2.75) is 50.3 Å². The molecule has 0 spiro atoms. The van der Waals surface area contributed by atoms with Gasteiger partial charge in [0, 0.05) is 0 Å². The van der Waals surface area contributed by atoms with Gasteiger partial charge in [0.15, 0.2) is 0 Å². The SMILES string of the molecule is O=C(OCc1ccccc1)N1C[C@@H]2C[C@H]1CO2.O=C(OCc1ccccc1)N1C[C@H]2C[C@@H]1CO2. The minimum absolute atomic E-state index is 0.218. The maximum absolute atomic E-state index is 11.9. The van der Waals surface area contributed by atoms with Crippen LogP contribution in [0.1, 0.15) is 24.0 Å². The van der Waals surface area contributed by atoms with Crippen LogP contribution in [0.2, 0.25) is 0 Å². The molecule has 0 aliphatic carbocycles. The maximum atomic E-state index is 11.9. The van der Waals surface area contributed by atoms with Crippen molar-refractivity contribution in [3.05, 3.63) is 71.8 Å².